The minimum absolute atomic E-state index is 0.0406. The van der Waals surface area contributed by atoms with Gasteiger partial charge in [-0.15, -0.1) is 13.2 Å². The molecule has 0 spiro atoms. The standard InChI is InChI=1S/C8H6F4INO/c1-4-5(13)2-7(14-6(4)3-9)15-8(10,11)12/h2H,3H2,1H3. The molecule has 0 atom stereocenters. The summed E-state index contributed by atoms with van der Waals surface area (Å²) in [6.45, 7) is 0.665. The second kappa shape index (κ2) is 4.50. The van der Waals surface area contributed by atoms with E-state index in [1.165, 1.54) is 0 Å². The van der Waals surface area contributed by atoms with Crippen LogP contribution in [-0.2, 0) is 6.67 Å². The van der Waals surface area contributed by atoms with Gasteiger partial charge in [-0.3, -0.25) is 0 Å². The molecule has 0 amide bonds. The van der Waals surface area contributed by atoms with Crippen LogP contribution in [-0.4, -0.2) is 11.3 Å². The number of nitrogens with zero attached hydrogens (tertiary/aromatic N) is 1. The lowest BCUT2D eigenvalue weighted by atomic mass is 10.2. The van der Waals surface area contributed by atoms with Gasteiger partial charge in [0.2, 0.25) is 5.88 Å². The minimum Gasteiger partial charge on any atom is -0.388 e. The Morgan fingerprint density at radius 3 is 2.53 bits per heavy atom. The van der Waals surface area contributed by atoms with Crippen molar-refractivity contribution in [2.75, 3.05) is 0 Å². The van der Waals surface area contributed by atoms with Crippen LogP contribution in [0.5, 0.6) is 5.88 Å². The van der Waals surface area contributed by atoms with Gasteiger partial charge in [0.25, 0.3) is 0 Å². The van der Waals surface area contributed by atoms with Crippen LogP contribution in [0.3, 0.4) is 0 Å². The minimum atomic E-state index is -4.81. The topological polar surface area (TPSA) is 22.1 Å². The Labute approximate surface area is 96.8 Å². The summed E-state index contributed by atoms with van der Waals surface area (Å²) in [5, 5.41) is 0. The third-order valence-electron chi connectivity index (χ3n) is 1.63. The van der Waals surface area contributed by atoms with Crippen molar-refractivity contribution in [2.24, 2.45) is 0 Å². The monoisotopic (exact) mass is 335 g/mol. The lowest BCUT2D eigenvalue weighted by molar-refractivity contribution is -0.276. The van der Waals surface area contributed by atoms with Crippen LogP contribution in [0.15, 0.2) is 6.07 Å². The molecule has 0 radical (unpaired) electrons. The summed E-state index contributed by atoms with van der Waals surface area (Å²) >= 11 is 1.80. The second-order valence-electron chi connectivity index (χ2n) is 2.70. The van der Waals surface area contributed by atoms with Gasteiger partial charge in [0.05, 0.1) is 5.69 Å². The molecule has 0 aliphatic heterocycles. The van der Waals surface area contributed by atoms with E-state index in [1.54, 1.807) is 29.5 Å². The Morgan fingerprint density at radius 2 is 2.07 bits per heavy atom. The summed E-state index contributed by atoms with van der Waals surface area (Å²) in [4.78, 5) is 3.41. The molecule has 0 saturated heterocycles. The summed E-state index contributed by atoms with van der Waals surface area (Å²) in [5.41, 5.74) is 0.480. The summed E-state index contributed by atoms with van der Waals surface area (Å²) in [7, 11) is 0. The van der Waals surface area contributed by atoms with Crippen LogP contribution in [0.2, 0.25) is 0 Å². The predicted molar refractivity (Wildman–Crippen MR) is 53.2 cm³/mol. The molecule has 1 aromatic heterocycles. The molecule has 0 saturated carbocycles. The van der Waals surface area contributed by atoms with E-state index in [0.717, 1.165) is 6.07 Å². The molecule has 1 rings (SSSR count). The van der Waals surface area contributed by atoms with Gasteiger partial charge in [0, 0.05) is 9.64 Å². The number of hydrogen-bond acceptors (Lipinski definition) is 2. The van der Waals surface area contributed by atoms with Gasteiger partial charge in [-0.1, -0.05) is 0 Å². The molecule has 7 heteroatoms. The first kappa shape index (κ1) is 12.5. The average molecular weight is 335 g/mol. The lowest BCUT2D eigenvalue weighted by Gasteiger charge is -2.10. The largest absolute Gasteiger partial charge is 0.574 e. The van der Waals surface area contributed by atoms with E-state index in [-0.39, 0.29) is 5.69 Å². The van der Waals surface area contributed by atoms with Crippen molar-refractivity contribution in [3.63, 3.8) is 0 Å². The lowest BCUT2D eigenvalue weighted by Crippen LogP contribution is -2.18. The second-order valence-corrected chi connectivity index (χ2v) is 3.86. The molecule has 15 heavy (non-hydrogen) atoms. The maximum absolute atomic E-state index is 12.4. The third-order valence-corrected chi connectivity index (χ3v) is 2.75. The van der Waals surface area contributed by atoms with Gasteiger partial charge < -0.3 is 4.74 Å². The molecule has 0 aliphatic rings. The fourth-order valence-corrected chi connectivity index (χ4v) is 1.48. The highest BCUT2D eigenvalue weighted by atomic mass is 127. The molecule has 0 unspecified atom stereocenters. The van der Waals surface area contributed by atoms with Crippen molar-refractivity contribution in [3.05, 3.63) is 20.9 Å². The van der Waals surface area contributed by atoms with Gasteiger partial charge in [-0.25, -0.2) is 9.37 Å². The van der Waals surface area contributed by atoms with Gasteiger partial charge >= 0.3 is 6.36 Å². The number of pyridine rings is 1. The van der Waals surface area contributed by atoms with Crippen molar-refractivity contribution in [3.8, 4) is 5.88 Å². The van der Waals surface area contributed by atoms with E-state index in [0.29, 0.717) is 9.13 Å². The first-order valence-electron chi connectivity index (χ1n) is 3.81. The first-order valence-corrected chi connectivity index (χ1v) is 4.89. The van der Waals surface area contributed by atoms with Crippen molar-refractivity contribution in [1.82, 2.24) is 4.98 Å². The van der Waals surface area contributed by atoms with Crippen molar-refractivity contribution < 1.29 is 22.3 Å². The number of halogens is 5. The smallest absolute Gasteiger partial charge is 0.388 e. The maximum atomic E-state index is 12.4. The van der Waals surface area contributed by atoms with Crippen LogP contribution < -0.4 is 4.74 Å². The highest BCUT2D eigenvalue weighted by Gasteiger charge is 2.32. The van der Waals surface area contributed by atoms with Gasteiger partial charge in [-0.05, 0) is 35.1 Å². The highest BCUT2D eigenvalue weighted by Crippen LogP contribution is 2.25. The zero-order valence-electron chi connectivity index (χ0n) is 7.53. The van der Waals surface area contributed by atoms with Gasteiger partial charge in [0.15, 0.2) is 0 Å². The van der Waals surface area contributed by atoms with Crippen LogP contribution in [0.25, 0.3) is 0 Å². The summed E-state index contributed by atoms with van der Waals surface area (Å²) in [6, 6.07) is 1.11. The fraction of sp³-hybridized carbons (Fsp3) is 0.375. The van der Waals surface area contributed by atoms with Crippen LogP contribution >= 0.6 is 22.6 Å². The molecule has 1 aromatic rings. The number of rotatable bonds is 2. The molecule has 0 aromatic carbocycles. The molecule has 0 N–H and O–H groups in total. The Morgan fingerprint density at radius 1 is 1.47 bits per heavy atom. The summed E-state index contributed by atoms with van der Waals surface area (Å²) < 4.78 is 52.0. The molecular formula is C8H6F4INO. The van der Waals surface area contributed by atoms with Gasteiger partial charge in [0.1, 0.15) is 6.67 Å². The number of hydrogen-bond donors (Lipinski definition) is 0. The fourth-order valence-electron chi connectivity index (χ4n) is 0.905. The Balaban J connectivity index is 3.06. The number of alkyl halides is 4. The summed E-state index contributed by atoms with van der Waals surface area (Å²) in [5.74, 6) is -0.634. The van der Waals surface area contributed by atoms with Crippen LogP contribution in [0, 0.1) is 10.5 Å². The summed E-state index contributed by atoms with van der Waals surface area (Å²) in [6.07, 6.45) is -4.81. The molecule has 2 nitrogen and oxygen atoms in total. The van der Waals surface area contributed by atoms with E-state index >= 15 is 0 Å². The maximum Gasteiger partial charge on any atom is 0.574 e. The van der Waals surface area contributed by atoms with E-state index in [4.69, 9.17) is 0 Å². The predicted octanol–water partition coefficient (Wildman–Crippen LogP) is 3.36. The van der Waals surface area contributed by atoms with Gasteiger partial charge in [-0.2, -0.15) is 0 Å². The first-order chi connectivity index (χ1) is 6.83. The molecule has 0 aliphatic carbocycles. The number of aromatic nitrogens is 1. The molecule has 1 heterocycles. The average Bonchev–Trinajstić information content (AvgIpc) is 2.08. The van der Waals surface area contributed by atoms with Crippen molar-refractivity contribution >= 4 is 22.6 Å². The zero-order chi connectivity index (χ0) is 11.6. The van der Waals surface area contributed by atoms with E-state index in [1.807, 2.05) is 0 Å². The molecule has 84 valence electrons. The molecule has 0 fully saturated rings. The Hall–Kier alpha value is -0.600. The van der Waals surface area contributed by atoms with E-state index in [2.05, 4.69) is 9.72 Å². The number of ether oxygens (including phenoxy) is 1. The third kappa shape index (κ3) is 3.47. The van der Waals surface area contributed by atoms with Crippen molar-refractivity contribution in [1.29, 1.82) is 0 Å². The Bertz CT molecular complexity index is 366. The normalized spacial score (nSPS) is 11.6. The molecular weight excluding hydrogens is 329 g/mol. The quantitative estimate of drug-likeness (QED) is 0.611. The van der Waals surface area contributed by atoms with Crippen molar-refractivity contribution in [2.45, 2.75) is 20.0 Å². The zero-order valence-corrected chi connectivity index (χ0v) is 9.69. The Kier molecular flexibility index (Phi) is 3.74. The highest BCUT2D eigenvalue weighted by molar-refractivity contribution is 14.1. The molecule has 0 bridgehead atoms. The van der Waals surface area contributed by atoms with Crippen LogP contribution in [0.1, 0.15) is 11.3 Å². The SMILES string of the molecule is Cc1c(I)cc(OC(F)(F)F)nc1CF. The van der Waals surface area contributed by atoms with E-state index in [9.17, 15) is 17.6 Å². The van der Waals surface area contributed by atoms with Crippen LogP contribution in [0.4, 0.5) is 17.6 Å². The van der Waals surface area contributed by atoms with E-state index < -0.39 is 18.9 Å².